The SMILES string of the molecule is Cc1cc2c(NC3(C)CC3)nc(C(=O)N3CCN(c4ccc(F)cn4)CC3)nc2o1. The summed E-state index contributed by atoms with van der Waals surface area (Å²) in [5.41, 5.74) is 0.437. The molecule has 2 aliphatic rings. The number of pyridine rings is 1. The molecule has 1 saturated carbocycles. The summed E-state index contributed by atoms with van der Waals surface area (Å²) in [4.78, 5) is 30.0. The summed E-state index contributed by atoms with van der Waals surface area (Å²) in [7, 11) is 0. The van der Waals surface area contributed by atoms with E-state index in [4.69, 9.17) is 4.42 Å². The first-order valence-corrected chi connectivity index (χ1v) is 10.1. The number of carbonyl (C=O) groups excluding carboxylic acids is 1. The number of halogens is 1. The van der Waals surface area contributed by atoms with Crippen molar-refractivity contribution in [3.05, 3.63) is 41.8 Å². The molecular weight excluding hydrogens is 387 g/mol. The minimum absolute atomic E-state index is 0.0144. The quantitative estimate of drug-likeness (QED) is 0.707. The van der Waals surface area contributed by atoms with Crippen LogP contribution in [0.15, 0.2) is 28.8 Å². The number of hydrogen-bond donors (Lipinski definition) is 1. The Kier molecular flexibility index (Phi) is 4.34. The van der Waals surface area contributed by atoms with Crippen LogP contribution in [-0.4, -0.2) is 57.5 Å². The summed E-state index contributed by atoms with van der Waals surface area (Å²) < 4.78 is 18.8. The van der Waals surface area contributed by atoms with E-state index in [2.05, 4.69) is 27.2 Å². The van der Waals surface area contributed by atoms with Crippen molar-refractivity contribution in [2.75, 3.05) is 36.4 Å². The molecule has 30 heavy (non-hydrogen) atoms. The van der Waals surface area contributed by atoms with Gasteiger partial charge in [-0.2, -0.15) is 4.98 Å². The second-order valence-electron chi connectivity index (χ2n) is 8.27. The van der Waals surface area contributed by atoms with Crippen LogP contribution in [-0.2, 0) is 0 Å². The Hall–Kier alpha value is -3.23. The molecule has 2 fully saturated rings. The summed E-state index contributed by atoms with van der Waals surface area (Å²) >= 11 is 0. The van der Waals surface area contributed by atoms with Gasteiger partial charge in [0.25, 0.3) is 5.91 Å². The number of hydrogen-bond acceptors (Lipinski definition) is 7. The maximum Gasteiger partial charge on any atom is 0.291 e. The van der Waals surface area contributed by atoms with Crippen molar-refractivity contribution >= 4 is 28.6 Å². The summed E-state index contributed by atoms with van der Waals surface area (Å²) in [6.07, 6.45) is 3.34. The molecule has 156 valence electrons. The van der Waals surface area contributed by atoms with Gasteiger partial charge >= 0.3 is 0 Å². The van der Waals surface area contributed by atoms with Crippen molar-refractivity contribution in [1.29, 1.82) is 0 Å². The number of aryl methyl sites for hydroxylation is 1. The Morgan fingerprint density at radius 2 is 1.97 bits per heavy atom. The number of fused-ring (bicyclic) bond motifs is 1. The van der Waals surface area contributed by atoms with Gasteiger partial charge in [-0.1, -0.05) is 0 Å². The number of amides is 1. The van der Waals surface area contributed by atoms with Gasteiger partial charge in [0.15, 0.2) is 0 Å². The van der Waals surface area contributed by atoms with Gasteiger partial charge in [-0.05, 0) is 44.9 Å². The molecule has 3 aromatic heterocycles. The van der Waals surface area contributed by atoms with E-state index in [9.17, 15) is 9.18 Å². The monoisotopic (exact) mass is 410 g/mol. The zero-order valence-electron chi connectivity index (χ0n) is 17.0. The van der Waals surface area contributed by atoms with Crippen molar-refractivity contribution in [1.82, 2.24) is 19.9 Å². The number of anilines is 2. The molecule has 1 saturated heterocycles. The molecule has 3 aromatic rings. The maximum absolute atomic E-state index is 13.1. The average Bonchev–Trinajstić information content (AvgIpc) is 3.33. The summed E-state index contributed by atoms with van der Waals surface area (Å²) in [6.45, 7) is 6.23. The molecule has 0 atom stereocenters. The van der Waals surface area contributed by atoms with Crippen molar-refractivity contribution in [2.45, 2.75) is 32.2 Å². The molecule has 1 aliphatic carbocycles. The van der Waals surface area contributed by atoms with E-state index in [1.807, 2.05) is 17.9 Å². The predicted octanol–water partition coefficient (Wildman–Crippen LogP) is 2.99. The minimum atomic E-state index is -0.363. The first kappa shape index (κ1) is 18.8. The number of aromatic nitrogens is 3. The molecule has 0 unspecified atom stereocenters. The molecule has 1 N–H and O–H groups in total. The molecule has 4 heterocycles. The zero-order chi connectivity index (χ0) is 20.9. The van der Waals surface area contributed by atoms with Gasteiger partial charge in [-0.15, -0.1) is 0 Å². The summed E-state index contributed by atoms with van der Waals surface area (Å²) in [6, 6.07) is 4.94. The summed E-state index contributed by atoms with van der Waals surface area (Å²) in [5, 5.41) is 4.25. The third kappa shape index (κ3) is 3.55. The van der Waals surface area contributed by atoms with Crippen LogP contribution in [0.4, 0.5) is 16.0 Å². The molecule has 8 nitrogen and oxygen atoms in total. The lowest BCUT2D eigenvalue weighted by molar-refractivity contribution is 0.0734. The molecule has 0 spiro atoms. The predicted molar refractivity (Wildman–Crippen MR) is 110 cm³/mol. The number of nitrogens with one attached hydrogen (secondary N) is 1. The highest BCUT2D eigenvalue weighted by Gasteiger charge is 2.38. The fourth-order valence-corrected chi connectivity index (χ4v) is 3.67. The Labute approximate surface area is 173 Å². The van der Waals surface area contributed by atoms with Gasteiger partial charge in [0.05, 0.1) is 11.6 Å². The lowest BCUT2D eigenvalue weighted by Gasteiger charge is -2.35. The van der Waals surface area contributed by atoms with E-state index < -0.39 is 0 Å². The van der Waals surface area contributed by atoms with Gasteiger partial charge in [-0.3, -0.25) is 4.79 Å². The van der Waals surface area contributed by atoms with Gasteiger partial charge in [0, 0.05) is 31.7 Å². The Balaban J connectivity index is 1.35. The van der Waals surface area contributed by atoms with E-state index in [-0.39, 0.29) is 23.1 Å². The van der Waals surface area contributed by atoms with E-state index in [1.54, 1.807) is 11.0 Å². The fourth-order valence-electron chi connectivity index (χ4n) is 3.67. The second kappa shape index (κ2) is 6.93. The van der Waals surface area contributed by atoms with Gasteiger partial charge < -0.3 is 19.5 Å². The normalized spacial score (nSPS) is 18.0. The number of rotatable bonds is 4. The highest BCUT2D eigenvalue weighted by atomic mass is 19.1. The lowest BCUT2D eigenvalue weighted by atomic mass is 10.2. The number of carbonyl (C=O) groups is 1. The number of nitrogens with zero attached hydrogens (tertiary/aromatic N) is 5. The third-order valence-electron chi connectivity index (χ3n) is 5.73. The zero-order valence-corrected chi connectivity index (χ0v) is 17.0. The molecule has 1 aliphatic heterocycles. The van der Waals surface area contributed by atoms with Crippen LogP contribution in [0.1, 0.15) is 36.1 Å². The first-order chi connectivity index (χ1) is 14.4. The van der Waals surface area contributed by atoms with Crippen LogP contribution in [0.25, 0.3) is 11.1 Å². The van der Waals surface area contributed by atoms with Crippen molar-refractivity contribution in [3.63, 3.8) is 0 Å². The largest absolute Gasteiger partial charge is 0.443 e. The van der Waals surface area contributed by atoms with E-state index in [1.165, 1.54) is 12.3 Å². The fraction of sp³-hybridized carbons (Fsp3) is 0.429. The van der Waals surface area contributed by atoms with Crippen LogP contribution < -0.4 is 10.2 Å². The van der Waals surface area contributed by atoms with Crippen LogP contribution in [0.5, 0.6) is 0 Å². The molecule has 0 bridgehead atoms. The Morgan fingerprint density at radius 3 is 2.63 bits per heavy atom. The standard InChI is InChI=1S/C21H23FN6O2/c1-13-11-15-17(26-21(2)5-6-21)24-18(25-19(15)30-13)20(29)28-9-7-27(8-10-28)16-4-3-14(22)12-23-16/h3-4,11-12H,5-10H2,1-2H3,(H,24,25,26). The molecule has 0 radical (unpaired) electrons. The highest BCUT2D eigenvalue weighted by Crippen LogP contribution is 2.39. The minimum Gasteiger partial charge on any atom is -0.443 e. The topological polar surface area (TPSA) is 87.4 Å². The van der Waals surface area contributed by atoms with Gasteiger partial charge in [0.2, 0.25) is 11.5 Å². The number of piperazine rings is 1. The maximum atomic E-state index is 13.1. The van der Waals surface area contributed by atoms with Crippen LogP contribution in [0.3, 0.4) is 0 Å². The number of furan rings is 1. The van der Waals surface area contributed by atoms with Crippen molar-refractivity contribution < 1.29 is 13.6 Å². The smallest absolute Gasteiger partial charge is 0.291 e. The average molecular weight is 410 g/mol. The van der Waals surface area contributed by atoms with Crippen LogP contribution in [0, 0.1) is 12.7 Å². The summed E-state index contributed by atoms with van der Waals surface area (Å²) in [5.74, 6) is 1.63. The highest BCUT2D eigenvalue weighted by molar-refractivity contribution is 5.95. The molecule has 5 rings (SSSR count). The van der Waals surface area contributed by atoms with Crippen molar-refractivity contribution in [2.24, 2.45) is 0 Å². The molecule has 9 heteroatoms. The van der Waals surface area contributed by atoms with Crippen LogP contribution in [0.2, 0.25) is 0 Å². The van der Waals surface area contributed by atoms with Gasteiger partial charge in [-0.25, -0.2) is 14.4 Å². The Bertz CT molecular complexity index is 1100. The molecule has 1 amide bonds. The Morgan fingerprint density at radius 1 is 1.20 bits per heavy atom. The third-order valence-corrected chi connectivity index (χ3v) is 5.73. The molecule has 0 aromatic carbocycles. The molecular formula is C21H23FN6O2. The van der Waals surface area contributed by atoms with Crippen LogP contribution >= 0.6 is 0 Å². The van der Waals surface area contributed by atoms with E-state index >= 15 is 0 Å². The van der Waals surface area contributed by atoms with Crippen molar-refractivity contribution in [3.8, 4) is 0 Å². The van der Waals surface area contributed by atoms with E-state index in [0.29, 0.717) is 43.5 Å². The lowest BCUT2D eigenvalue weighted by Crippen LogP contribution is -2.49. The van der Waals surface area contributed by atoms with Gasteiger partial charge in [0.1, 0.15) is 23.2 Å². The first-order valence-electron chi connectivity index (χ1n) is 10.1. The van der Waals surface area contributed by atoms with E-state index in [0.717, 1.165) is 24.0 Å². The second-order valence-corrected chi connectivity index (χ2v) is 8.27.